The van der Waals surface area contributed by atoms with E-state index in [1.165, 1.54) is 7.11 Å². The van der Waals surface area contributed by atoms with Crippen LogP contribution in [0.15, 0.2) is 34.9 Å². The molecule has 1 aliphatic heterocycles. The molecule has 0 saturated carbocycles. The Kier molecular flexibility index (Phi) is 8.87. The van der Waals surface area contributed by atoms with Crippen LogP contribution >= 0.6 is 15.9 Å². The highest BCUT2D eigenvalue weighted by atomic mass is 79.9. The Morgan fingerprint density at radius 3 is 2.61 bits per heavy atom. The quantitative estimate of drug-likeness (QED) is 0.488. The number of nitrogens with zero attached hydrogens (tertiary/aromatic N) is 2. The number of hydrogen-bond donors (Lipinski definition) is 2. The van der Waals surface area contributed by atoms with Crippen LogP contribution < -0.4 is 5.32 Å². The Labute approximate surface area is 202 Å². The van der Waals surface area contributed by atoms with Gasteiger partial charge in [-0.05, 0) is 23.6 Å². The molecule has 33 heavy (non-hydrogen) atoms. The van der Waals surface area contributed by atoms with Crippen molar-refractivity contribution in [3.8, 4) is 11.3 Å². The summed E-state index contributed by atoms with van der Waals surface area (Å²) in [5.41, 5.74) is 1.86. The van der Waals surface area contributed by atoms with Crippen LogP contribution in [0.2, 0.25) is 0 Å². The zero-order chi connectivity index (χ0) is 24.0. The van der Waals surface area contributed by atoms with Crippen molar-refractivity contribution in [3.63, 3.8) is 0 Å². The van der Waals surface area contributed by atoms with Crippen molar-refractivity contribution in [2.75, 3.05) is 34.0 Å². The molecule has 3 rings (SSSR count). The molecule has 2 amide bonds. The third-order valence-electron chi connectivity index (χ3n) is 5.64. The van der Waals surface area contributed by atoms with Gasteiger partial charge in [0, 0.05) is 24.5 Å². The number of ether oxygens (including phenoxy) is 3. The maximum absolute atomic E-state index is 13.5. The number of halogens is 1. The lowest BCUT2D eigenvalue weighted by Crippen LogP contribution is -2.51. The van der Waals surface area contributed by atoms with Crippen LogP contribution in [0, 0.1) is 5.92 Å². The van der Waals surface area contributed by atoms with Crippen molar-refractivity contribution >= 4 is 27.9 Å². The molecule has 2 aromatic rings. The maximum Gasteiger partial charge on any atom is 0.407 e. The van der Waals surface area contributed by atoms with Gasteiger partial charge in [-0.3, -0.25) is 4.79 Å². The van der Waals surface area contributed by atoms with E-state index in [1.54, 1.807) is 18.2 Å². The van der Waals surface area contributed by atoms with Gasteiger partial charge in [-0.25, -0.2) is 9.78 Å². The molecule has 0 aliphatic carbocycles. The van der Waals surface area contributed by atoms with E-state index >= 15 is 0 Å². The van der Waals surface area contributed by atoms with Gasteiger partial charge in [-0.15, -0.1) is 0 Å². The van der Waals surface area contributed by atoms with Crippen LogP contribution in [-0.2, 0) is 19.0 Å². The minimum Gasteiger partial charge on any atom is -0.453 e. The second-order valence-corrected chi connectivity index (χ2v) is 9.19. The highest BCUT2D eigenvalue weighted by molar-refractivity contribution is 9.10. The third-order valence-corrected chi connectivity index (χ3v) is 6.17. The lowest BCUT2D eigenvalue weighted by Gasteiger charge is -2.29. The Morgan fingerprint density at radius 1 is 1.24 bits per heavy atom. The number of benzene rings is 1. The topological polar surface area (TPSA) is 106 Å². The van der Waals surface area contributed by atoms with E-state index in [9.17, 15) is 9.59 Å². The van der Waals surface area contributed by atoms with E-state index in [4.69, 9.17) is 14.2 Å². The van der Waals surface area contributed by atoms with Gasteiger partial charge in [0.25, 0.3) is 0 Å². The Morgan fingerprint density at radius 2 is 1.97 bits per heavy atom. The molecule has 2 N–H and O–H groups in total. The minimum absolute atomic E-state index is 0.124. The number of likely N-dealkylation sites (tertiary alicyclic amines) is 1. The first-order valence-corrected chi connectivity index (χ1v) is 11.7. The third kappa shape index (κ3) is 6.33. The molecule has 0 bridgehead atoms. The molecule has 3 atom stereocenters. The number of alkyl carbamates (subject to hydrolysis) is 1. The number of carbonyl (C=O) groups excluding carboxylic acids is 2. The van der Waals surface area contributed by atoms with Crippen molar-refractivity contribution < 1.29 is 23.8 Å². The van der Waals surface area contributed by atoms with E-state index in [2.05, 4.69) is 31.2 Å². The van der Waals surface area contributed by atoms with Crippen LogP contribution in [0.5, 0.6) is 0 Å². The molecule has 1 saturated heterocycles. The summed E-state index contributed by atoms with van der Waals surface area (Å²) >= 11 is 3.45. The zero-order valence-electron chi connectivity index (χ0n) is 19.3. The molecule has 1 aliphatic rings. The van der Waals surface area contributed by atoms with Crippen LogP contribution in [0.4, 0.5) is 4.79 Å². The smallest absolute Gasteiger partial charge is 0.407 e. The number of aromatic nitrogens is 2. The number of aromatic amines is 1. The second kappa shape index (κ2) is 11.6. The van der Waals surface area contributed by atoms with Crippen LogP contribution in [0.3, 0.4) is 0 Å². The molecular formula is C23H31BrN4O5. The minimum atomic E-state index is -0.724. The molecule has 0 spiro atoms. The molecule has 0 radical (unpaired) electrons. The zero-order valence-corrected chi connectivity index (χ0v) is 20.9. The Bertz CT molecular complexity index is 933. The van der Waals surface area contributed by atoms with Crippen molar-refractivity contribution in [2.24, 2.45) is 5.92 Å². The summed E-state index contributed by atoms with van der Waals surface area (Å²) in [5.74, 6) is 0.361. The first-order valence-electron chi connectivity index (χ1n) is 10.9. The average Bonchev–Trinajstić information content (AvgIpc) is 3.45. The lowest BCUT2D eigenvalue weighted by atomic mass is 10.0. The Balaban J connectivity index is 1.85. The molecule has 2 heterocycles. The lowest BCUT2D eigenvalue weighted by molar-refractivity contribution is -0.136. The predicted octanol–water partition coefficient (Wildman–Crippen LogP) is 3.52. The molecule has 0 unspecified atom stereocenters. The van der Waals surface area contributed by atoms with Crippen LogP contribution in [0.25, 0.3) is 11.3 Å². The molecule has 10 heteroatoms. The Hall–Kier alpha value is -2.43. The van der Waals surface area contributed by atoms with Gasteiger partial charge in [-0.1, -0.05) is 41.9 Å². The first-order chi connectivity index (χ1) is 15.8. The molecule has 180 valence electrons. The van der Waals surface area contributed by atoms with Gasteiger partial charge in [0.1, 0.15) is 11.9 Å². The fraction of sp³-hybridized carbons (Fsp3) is 0.522. The highest BCUT2D eigenvalue weighted by Gasteiger charge is 2.41. The number of H-pyrrole nitrogens is 1. The van der Waals surface area contributed by atoms with E-state index in [1.807, 2.05) is 38.1 Å². The first kappa shape index (κ1) is 25.2. The molecule has 9 nitrogen and oxygen atoms in total. The maximum atomic E-state index is 13.5. The average molecular weight is 523 g/mol. The summed E-state index contributed by atoms with van der Waals surface area (Å²) in [5, 5.41) is 2.67. The van der Waals surface area contributed by atoms with Crippen LogP contribution in [0.1, 0.15) is 32.1 Å². The van der Waals surface area contributed by atoms with Gasteiger partial charge >= 0.3 is 6.09 Å². The number of methoxy groups -OCH3 is 2. The summed E-state index contributed by atoms with van der Waals surface area (Å²) < 4.78 is 16.7. The van der Waals surface area contributed by atoms with Crippen LogP contribution in [-0.4, -0.2) is 73.0 Å². The van der Waals surface area contributed by atoms with E-state index in [0.717, 1.165) is 15.7 Å². The van der Waals surface area contributed by atoms with E-state index in [0.29, 0.717) is 32.0 Å². The summed E-state index contributed by atoms with van der Waals surface area (Å²) in [4.78, 5) is 35.1. The van der Waals surface area contributed by atoms with Gasteiger partial charge in [0.2, 0.25) is 5.91 Å². The molecule has 1 aromatic carbocycles. The summed E-state index contributed by atoms with van der Waals surface area (Å²) in [6, 6.07) is 6.88. The summed E-state index contributed by atoms with van der Waals surface area (Å²) in [6.07, 6.45) is 1.56. The van der Waals surface area contributed by atoms with E-state index in [-0.39, 0.29) is 24.0 Å². The summed E-state index contributed by atoms with van der Waals surface area (Å²) in [6.45, 7) is 5.07. The largest absolute Gasteiger partial charge is 0.453 e. The monoisotopic (exact) mass is 522 g/mol. The van der Waals surface area contributed by atoms with E-state index < -0.39 is 12.1 Å². The van der Waals surface area contributed by atoms with Gasteiger partial charge in [0.05, 0.1) is 44.4 Å². The fourth-order valence-electron chi connectivity index (χ4n) is 3.88. The predicted molar refractivity (Wildman–Crippen MR) is 127 cm³/mol. The standard InChI is InChI=1S/C23H31BrN4O5/c1-14(2)20(27-23(30)32-4)22(29)28-13-17(33-10-9-31-3)11-19(28)21-25-12-18(26-21)15-5-7-16(24)8-6-15/h5-8,12,14,17,19-20H,9-11,13H2,1-4H3,(H,25,26)(H,27,30)/t17-,19-,20-/m0/s1. The number of carbonyl (C=O) groups is 2. The number of hydrogen-bond acceptors (Lipinski definition) is 6. The van der Waals surface area contributed by atoms with Crippen molar-refractivity contribution in [3.05, 3.63) is 40.8 Å². The SMILES string of the molecule is COCCO[C@H]1C[C@@H](c2ncc(-c3ccc(Br)cc3)[nH]2)N(C(=O)[C@@H](NC(=O)OC)C(C)C)C1. The summed E-state index contributed by atoms with van der Waals surface area (Å²) in [7, 11) is 2.90. The van der Waals surface area contributed by atoms with Crippen molar-refractivity contribution in [2.45, 2.75) is 38.5 Å². The van der Waals surface area contributed by atoms with Crippen molar-refractivity contribution in [1.82, 2.24) is 20.2 Å². The molecule has 1 fully saturated rings. The van der Waals surface area contributed by atoms with Gasteiger partial charge in [-0.2, -0.15) is 0 Å². The van der Waals surface area contributed by atoms with Gasteiger partial charge in [0.15, 0.2) is 0 Å². The molecular weight excluding hydrogens is 492 g/mol. The molecule has 1 aromatic heterocycles. The number of amides is 2. The number of rotatable bonds is 9. The number of nitrogens with one attached hydrogen (secondary N) is 2. The van der Waals surface area contributed by atoms with Gasteiger partial charge < -0.3 is 29.4 Å². The normalized spacial score (nSPS) is 19.0. The van der Waals surface area contributed by atoms with Crippen molar-refractivity contribution in [1.29, 1.82) is 0 Å². The second-order valence-electron chi connectivity index (χ2n) is 8.27. The fourth-order valence-corrected chi connectivity index (χ4v) is 4.14. The highest BCUT2D eigenvalue weighted by Crippen LogP contribution is 2.34. The number of imidazole rings is 1.